The van der Waals surface area contributed by atoms with Crippen LogP contribution in [0.3, 0.4) is 0 Å². The van der Waals surface area contributed by atoms with Crippen molar-refractivity contribution in [1.29, 1.82) is 0 Å². The molecule has 0 heterocycles. The number of rotatable bonds is 3. The minimum Gasteiger partial charge on any atom is -0.360 e. The van der Waals surface area contributed by atoms with E-state index in [9.17, 15) is 0 Å². The first-order valence-corrected chi connectivity index (χ1v) is 5.34. The van der Waals surface area contributed by atoms with E-state index in [2.05, 4.69) is 18.5 Å². The van der Waals surface area contributed by atoms with E-state index in [-0.39, 0.29) is 5.66 Å². The maximum Gasteiger partial charge on any atom is 0.0820 e. The Morgan fingerprint density at radius 2 is 1.93 bits per heavy atom. The van der Waals surface area contributed by atoms with Gasteiger partial charge < -0.3 is 10.6 Å². The van der Waals surface area contributed by atoms with E-state index >= 15 is 0 Å². The van der Waals surface area contributed by atoms with Gasteiger partial charge in [0, 0.05) is 12.7 Å². The summed E-state index contributed by atoms with van der Waals surface area (Å²) in [4.78, 5) is 2.18. The van der Waals surface area contributed by atoms with Crippen molar-refractivity contribution in [2.45, 2.75) is 45.2 Å². The van der Waals surface area contributed by atoms with Crippen LogP contribution in [0.4, 0.5) is 0 Å². The lowest BCUT2D eigenvalue weighted by atomic mass is 9.94. The number of hydrogen-bond donors (Lipinski definition) is 1. The van der Waals surface area contributed by atoms with Crippen molar-refractivity contribution >= 4 is 0 Å². The van der Waals surface area contributed by atoms with Crippen molar-refractivity contribution in [2.24, 2.45) is 5.73 Å². The van der Waals surface area contributed by atoms with Gasteiger partial charge in [-0.3, -0.25) is 0 Å². The van der Waals surface area contributed by atoms with Crippen molar-refractivity contribution < 1.29 is 0 Å². The summed E-state index contributed by atoms with van der Waals surface area (Å²) < 4.78 is 0. The third kappa shape index (κ3) is 2.38. The highest BCUT2D eigenvalue weighted by atomic mass is 15.2. The highest BCUT2D eigenvalue weighted by Crippen LogP contribution is 2.29. The molecule has 1 aliphatic rings. The van der Waals surface area contributed by atoms with Gasteiger partial charge in [-0.1, -0.05) is 12.7 Å². The molecule has 0 aromatic heterocycles. The molecule has 0 bridgehead atoms. The number of hydrogen-bond acceptors (Lipinski definition) is 2. The average molecular weight is 194 g/mol. The van der Waals surface area contributed by atoms with Crippen molar-refractivity contribution in [3.8, 4) is 0 Å². The van der Waals surface area contributed by atoms with Crippen molar-refractivity contribution in [2.75, 3.05) is 7.05 Å². The fourth-order valence-electron chi connectivity index (χ4n) is 1.86. The minimum absolute atomic E-state index is 0.277. The largest absolute Gasteiger partial charge is 0.360 e. The summed E-state index contributed by atoms with van der Waals surface area (Å²) >= 11 is 0. The predicted octanol–water partition coefficient (Wildman–Crippen LogP) is 2.63. The Morgan fingerprint density at radius 1 is 1.36 bits per heavy atom. The first-order chi connectivity index (χ1) is 6.46. The lowest BCUT2D eigenvalue weighted by molar-refractivity contribution is 0.200. The molecule has 1 rings (SSSR count). The molecule has 0 amide bonds. The van der Waals surface area contributed by atoms with Gasteiger partial charge in [0.15, 0.2) is 0 Å². The van der Waals surface area contributed by atoms with E-state index in [1.165, 1.54) is 24.1 Å². The van der Waals surface area contributed by atoms with Crippen molar-refractivity contribution in [3.63, 3.8) is 0 Å². The second-order valence-corrected chi connectivity index (χ2v) is 4.60. The lowest BCUT2D eigenvalue weighted by Gasteiger charge is -2.38. The molecule has 0 fully saturated rings. The Morgan fingerprint density at radius 3 is 2.43 bits per heavy atom. The first-order valence-electron chi connectivity index (χ1n) is 5.34. The van der Waals surface area contributed by atoms with Crippen LogP contribution in [-0.2, 0) is 0 Å². The smallest absolute Gasteiger partial charge is 0.0820 e. The van der Waals surface area contributed by atoms with Gasteiger partial charge in [-0.15, -0.1) is 0 Å². The maximum atomic E-state index is 6.08. The molecule has 0 atom stereocenters. The van der Waals surface area contributed by atoms with Crippen LogP contribution in [-0.4, -0.2) is 17.6 Å². The van der Waals surface area contributed by atoms with E-state index in [4.69, 9.17) is 5.73 Å². The molecule has 0 aliphatic heterocycles. The van der Waals surface area contributed by atoms with Crippen molar-refractivity contribution in [3.05, 3.63) is 23.9 Å². The SMILES string of the molecule is C=CC1=C(N(C)C(C)(C)N)CCCC1. The molecule has 0 aromatic rings. The quantitative estimate of drug-likeness (QED) is 0.700. The fourth-order valence-corrected chi connectivity index (χ4v) is 1.86. The van der Waals surface area contributed by atoms with E-state index in [0.29, 0.717) is 0 Å². The van der Waals surface area contributed by atoms with Crippen molar-refractivity contribution in [1.82, 2.24) is 4.90 Å². The van der Waals surface area contributed by atoms with Crippen LogP contribution >= 0.6 is 0 Å². The van der Waals surface area contributed by atoms with E-state index < -0.39 is 0 Å². The molecule has 2 heteroatoms. The monoisotopic (exact) mass is 194 g/mol. The summed E-state index contributed by atoms with van der Waals surface area (Å²) in [5, 5.41) is 0. The van der Waals surface area contributed by atoms with Gasteiger partial charge >= 0.3 is 0 Å². The lowest BCUT2D eigenvalue weighted by Crippen LogP contribution is -2.48. The molecule has 1 aliphatic carbocycles. The Bertz CT molecular complexity index is 246. The molecule has 0 spiro atoms. The topological polar surface area (TPSA) is 29.3 Å². The van der Waals surface area contributed by atoms with Crippen LogP contribution < -0.4 is 5.73 Å². The molecule has 14 heavy (non-hydrogen) atoms. The third-order valence-electron chi connectivity index (χ3n) is 3.00. The zero-order valence-corrected chi connectivity index (χ0v) is 9.64. The molecule has 80 valence electrons. The van der Waals surface area contributed by atoms with Gasteiger partial charge in [0.1, 0.15) is 0 Å². The molecular weight excluding hydrogens is 172 g/mol. The minimum atomic E-state index is -0.277. The highest BCUT2D eigenvalue weighted by molar-refractivity contribution is 5.26. The Hall–Kier alpha value is -0.760. The number of nitrogens with zero attached hydrogens (tertiary/aromatic N) is 1. The predicted molar refractivity (Wildman–Crippen MR) is 61.7 cm³/mol. The zero-order chi connectivity index (χ0) is 10.8. The van der Waals surface area contributed by atoms with Gasteiger partial charge in [-0.05, 0) is 45.1 Å². The van der Waals surface area contributed by atoms with Crippen LogP contribution in [0.5, 0.6) is 0 Å². The van der Waals surface area contributed by atoms with Crippen LogP contribution in [0.15, 0.2) is 23.9 Å². The van der Waals surface area contributed by atoms with Gasteiger partial charge in [-0.2, -0.15) is 0 Å². The molecule has 2 N–H and O–H groups in total. The van der Waals surface area contributed by atoms with Crippen LogP contribution in [0, 0.1) is 0 Å². The van der Waals surface area contributed by atoms with Crippen LogP contribution in [0.25, 0.3) is 0 Å². The van der Waals surface area contributed by atoms with E-state index in [0.717, 1.165) is 12.8 Å². The molecular formula is C12H22N2. The average Bonchev–Trinajstić information content (AvgIpc) is 2.15. The Kier molecular flexibility index (Phi) is 3.38. The first kappa shape index (κ1) is 11.3. The summed E-state index contributed by atoms with van der Waals surface area (Å²) in [6.45, 7) is 7.95. The van der Waals surface area contributed by atoms with Gasteiger partial charge in [0.25, 0.3) is 0 Å². The summed E-state index contributed by atoms with van der Waals surface area (Å²) in [5.74, 6) is 0. The number of nitrogens with two attached hydrogens (primary N) is 1. The second kappa shape index (κ2) is 4.18. The molecule has 0 saturated carbocycles. The van der Waals surface area contributed by atoms with Gasteiger partial charge in [0.05, 0.1) is 5.66 Å². The summed E-state index contributed by atoms with van der Waals surface area (Å²) in [5.41, 5.74) is 8.55. The molecule has 2 nitrogen and oxygen atoms in total. The summed E-state index contributed by atoms with van der Waals surface area (Å²) in [7, 11) is 2.07. The third-order valence-corrected chi connectivity index (χ3v) is 3.00. The van der Waals surface area contributed by atoms with Gasteiger partial charge in [-0.25, -0.2) is 0 Å². The second-order valence-electron chi connectivity index (χ2n) is 4.60. The standard InChI is InChI=1S/C12H22N2/c1-5-10-8-6-7-9-11(10)14(4)12(2,3)13/h5H,1,6-9,13H2,2-4H3. The van der Waals surface area contributed by atoms with Crippen LogP contribution in [0.1, 0.15) is 39.5 Å². The normalized spacial score (nSPS) is 18.3. The summed E-state index contributed by atoms with van der Waals surface area (Å²) in [6, 6.07) is 0. The van der Waals surface area contributed by atoms with Gasteiger partial charge in [0.2, 0.25) is 0 Å². The maximum absolute atomic E-state index is 6.08. The molecule has 0 unspecified atom stereocenters. The Balaban J connectivity index is 2.93. The number of allylic oxidation sites excluding steroid dienone is 3. The van der Waals surface area contributed by atoms with E-state index in [1.807, 2.05) is 19.9 Å². The molecule has 0 aromatic carbocycles. The highest BCUT2D eigenvalue weighted by Gasteiger charge is 2.23. The molecule has 0 radical (unpaired) electrons. The Labute approximate surface area is 87.5 Å². The van der Waals surface area contributed by atoms with E-state index in [1.54, 1.807) is 0 Å². The fraction of sp³-hybridized carbons (Fsp3) is 0.667. The van der Waals surface area contributed by atoms with Crippen LogP contribution in [0.2, 0.25) is 0 Å². The molecule has 0 saturated heterocycles. The summed E-state index contributed by atoms with van der Waals surface area (Å²) in [6.07, 6.45) is 6.82. The zero-order valence-electron chi connectivity index (χ0n) is 9.64.